The van der Waals surface area contributed by atoms with Gasteiger partial charge in [0.15, 0.2) is 0 Å². The van der Waals surface area contributed by atoms with Crippen molar-refractivity contribution >= 4 is 23.2 Å². The fourth-order valence-corrected chi connectivity index (χ4v) is 2.53. The molecule has 11 heteroatoms. The lowest BCUT2D eigenvalue weighted by atomic mass is 9.94. The molecule has 0 aliphatic heterocycles. The molecule has 0 aliphatic carbocycles. The maximum atomic E-state index is 14.0. The second-order valence-electron chi connectivity index (χ2n) is 4.39. The van der Waals surface area contributed by atoms with Gasteiger partial charge in [-0.25, -0.2) is 9.07 Å². The van der Waals surface area contributed by atoms with E-state index in [1.165, 1.54) is 18.5 Å². The maximum Gasteiger partial charge on any atom is 0.435 e. The number of alkyl halides is 7. The highest BCUT2D eigenvalue weighted by Crippen LogP contribution is 2.54. The van der Waals surface area contributed by atoms with Gasteiger partial charge < -0.3 is 0 Å². The Morgan fingerprint density at radius 1 is 0.870 bits per heavy atom. The van der Waals surface area contributed by atoms with Crippen LogP contribution in [0, 0.1) is 0 Å². The van der Waals surface area contributed by atoms with Gasteiger partial charge in [-0.3, -0.25) is 0 Å². The Labute approximate surface area is 134 Å². The standard InChI is InChI=1S/C12H5Cl2F7N2/c13-7-4-6(10(15,11(16,17)18)12(19,20)21)5-8(14)9(7)23-3-1-2-22-23/h1-5H. The zero-order valence-corrected chi connectivity index (χ0v) is 12.2. The van der Waals surface area contributed by atoms with Crippen molar-refractivity contribution in [3.05, 3.63) is 46.2 Å². The summed E-state index contributed by atoms with van der Waals surface area (Å²) in [6.45, 7) is 0. The minimum absolute atomic E-state index is 0.172. The van der Waals surface area contributed by atoms with Gasteiger partial charge in [-0.1, -0.05) is 23.2 Å². The highest BCUT2D eigenvalue weighted by atomic mass is 35.5. The van der Waals surface area contributed by atoms with E-state index in [4.69, 9.17) is 23.2 Å². The number of hydrogen-bond acceptors (Lipinski definition) is 1. The lowest BCUT2D eigenvalue weighted by molar-refractivity contribution is -0.348. The number of rotatable bonds is 2. The molecule has 0 atom stereocenters. The van der Waals surface area contributed by atoms with Crippen LogP contribution in [0.3, 0.4) is 0 Å². The first-order valence-electron chi connectivity index (χ1n) is 5.71. The molecule has 2 nitrogen and oxygen atoms in total. The van der Waals surface area contributed by atoms with E-state index >= 15 is 0 Å². The summed E-state index contributed by atoms with van der Waals surface area (Å²) in [5, 5.41) is 2.47. The molecule has 0 spiro atoms. The second kappa shape index (κ2) is 5.55. The Kier molecular flexibility index (Phi) is 4.31. The molecule has 1 heterocycles. The van der Waals surface area contributed by atoms with E-state index in [-0.39, 0.29) is 17.8 Å². The highest BCUT2D eigenvalue weighted by molar-refractivity contribution is 6.37. The number of benzene rings is 1. The van der Waals surface area contributed by atoms with Gasteiger partial charge in [0.05, 0.1) is 10.0 Å². The number of hydrogen-bond donors (Lipinski definition) is 0. The van der Waals surface area contributed by atoms with E-state index in [9.17, 15) is 30.7 Å². The quantitative estimate of drug-likeness (QED) is 0.631. The summed E-state index contributed by atoms with van der Waals surface area (Å²) in [5.41, 5.74) is -7.53. The maximum absolute atomic E-state index is 14.0. The van der Waals surface area contributed by atoms with Crippen LogP contribution < -0.4 is 0 Å². The molecule has 2 rings (SSSR count). The lowest BCUT2D eigenvalue weighted by Gasteiger charge is -2.30. The molecule has 0 fully saturated rings. The summed E-state index contributed by atoms with van der Waals surface area (Å²) in [6, 6.07) is 1.88. The van der Waals surface area contributed by atoms with Crippen LogP contribution in [0.15, 0.2) is 30.6 Å². The van der Waals surface area contributed by atoms with Crippen molar-refractivity contribution in [1.82, 2.24) is 9.78 Å². The average molecular weight is 381 g/mol. The summed E-state index contributed by atoms with van der Waals surface area (Å²) < 4.78 is 91.4. The molecule has 0 saturated heterocycles. The first-order chi connectivity index (χ1) is 10.4. The fraction of sp³-hybridized carbons (Fsp3) is 0.250. The summed E-state index contributed by atoms with van der Waals surface area (Å²) in [5.74, 6) is 0. The van der Waals surface area contributed by atoms with E-state index in [0.717, 1.165) is 4.68 Å². The van der Waals surface area contributed by atoms with Crippen LogP contribution in [0.4, 0.5) is 30.7 Å². The van der Waals surface area contributed by atoms with Crippen LogP contribution in [-0.2, 0) is 5.67 Å². The van der Waals surface area contributed by atoms with E-state index in [1.54, 1.807) is 0 Å². The minimum atomic E-state index is -6.24. The van der Waals surface area contributed by atoms with Gasteiger partial charge in [-0.05, 0) is 18.2 Å². The molecular formula is C12H5Cl2F7N2. The zero-order chi connectivity index (χ0) is 17.6. The molecule has 0 bridgehead atoms. The van der Waals surface area contributed by atoms with Gasteiger partial charge in [-0.2, -0.15) is 31.4 Å². The zero-order valence-electron chi connectivity index (χ0n) is 10.7. The molecule has 0 aliphatic rings. The van der Waals surface area contributed by atoms with E-state index < -0.39 is 33.6 Å². The van der Waals surface area contributed by atoms with Gasteiger partial charge >= 0.3 is 18.0 Å². The largest absolute Gasteiger partial charge is 0.435 e. The average Bonchev–Trinajstić information content (AvgIpc) is 2.87. The Bertz CT molecular complexity index is 670. The Morgan fingerprint density at radius 3 is 1.70 bits per heavy atom. The Morgan fingerprint density at radius 2 is 1.35 bits per heavy atom. The third kappa shape index (κ3) is 2.87. The molecule has 0 amide bonds. The van der Waals surface area contributed by atoms with Crippen LogP contribution in [0.5, 0.6) is 0 Å². The van der Waals surface area contributed by atoms with Crippen molar-refractivity contribution in [2.75, 3.05) is 0 Å². The molecular weight excluding hydrogens is 376 g/mol. The summed E-state index contributed by atoms with van der Waals surface area (Å²) >= 11 is 11.4. The monoisotopic (exact) mass is 380 g/mol. The minimum Gasteiger partial charge on any atom is -0.238 e. The second-order valence-corrected chi connectivity index (χ2v) is 5.21. The Hall–Kier alpha value is -1.48. The predicted molar refractivity (Wildman–Crippen MR) is 68.5 cm³/mol. The number of aromatic nitrogens is 2. The van der Waals surface area contributed by atoms with Gasteiger partial charge in [-0.15, -0.1) is 0 Å². The number of nitrogens with zero attached hydrogens (tertiary/aromatic N) is 2. The molecule has 0 radical (unpaired) electrons. The van der Waals surface area contributed by atoms with Crippen LogP contribution >= 0.6 is 23.2 Å². The molecule has 0 unspecified atom stereocenters. The first-order valence-corrected chi connectivity index (χ1v) is 6.47. The highest BCUT2D eigenvalue weighted by Gasteiger charge is 2.73. The third-order valence-corrected chi connectivity index (χ3v) is 3.51. The first kappa shape index (κ1) is 17.9. The fourth-order valence-electron chi connectivity index (χ4n) is 1.87. The summed E-state index contributed by atoms with van der Waals surface area (Å²) in [6.07, 6.45) is -9.90. The molecule has 0 N–H and O–H groups in total. The van der Waals surface area contributed by atoms with Gasteiger partial charge in [0.2, 0.25) is 0 Å². The predicted octanol–water partition coefficient (Wildman–Crippen LogP) is 5.47. The molecule has 1 aromatic heterocycles. The topological polar surface area (TPSA) is 17.8 Å². The third-order valence-electron chi connectivity index (χ3n) is 2.93. The normalized spacial score (nSPS) is 13.4. The smallest absolute Gasteiger partial charge is 0.238 e. The SMILES string of the molecule is FC(F)(F)C(F)(c1cc(Cl)c(-n2cccn2)c(Cl)c1)C(F)(F)F. The summed E-state index contributed by atoms with van der Waals surface area (Å²) in [4.78, 5) is 0. The van der Waals surface area contributed by atoms with Crippen molar-refractivity contribution in [2.45, 2.75) is 18.0 Å². The van der Waals surface area contributed by atoms with E-state index in [2.05, 4.69) is 5.10 Å². The van der Waals surface area contributed by atoms with Crippen molar-refractivity contribution in [1.29, 1.82) is 0 Å². The van der Waals surface area contributed by atoms with Crippen LogP contribution in [0.1, 0.15) is 5.56 Å². The molecule has 23 heavy (non-hydrogen) atoms. The van der Waals surface area contributed by atoms with Gasteiger partial charge in [0.1, 0.15) is 5.69 Å². The van der Waals surface area contributed by atoms with E-state index in [1.807, 2.05) is 0 Å². The number of halogens is 9. The van der Waals surface area contributed by atoms with Crippen molar-refractivity contribution in [3.63, 3.8) is 0 Å². The van der Waals surface area contributed by atoms with Crippen molar-refractivity contribution in [3.8, 4) is 5.69 Å². The molecule has 1 aromatic carbocycles. The Balaban J connectivity index is 2.69. The summed E-state index contributed by atoms with van der Waals surface area (Å²) in [7, 11) is 0. The van der Waals surface area contributed by atoms with Crippen LogP contribution in [0.25, 0.3) is 5.69 Å². The molecule has 2 aromatic rings. The van der Waals surface area contributed by atoms with Gasteiger partial charge in [0, 0.05) is 18.0 Å². The molecule has 126 valence electrons. The van der Waals surface area contributed by atoms with Crippen molar-refractivity contribution < 1.29 is 30.7 Å². The van der Waals surface area contributed by atoms with Crippen LogP contribution in [0.2, 0.25) is 10.0 Å². The van der Waals surface area contributed by atoms with Crippen molar-refractivity contribution in [2.24, 2.45) is 0 Å². The van der Waals surface area contributed by atoms with Gasteiger partial charge in [0.25, 0.3) is 0 Å². The lowest BCUT2D eigenvalue weighted by Crippen LogP contribution is -2.50. The van der Waals surface area contributed by atoms with E-state index in [0.29, 0.717) is 0 Å². The van der Waals surface area contributed by atoms with Crippen LogP contribution in [-0.4, -0.2) is 22.1 Å². The molecule has 0 saturated carbocycles.